The van der Waals surface area contributed by atoms with Crippen molar-refractivity contribution in [2.75, 3.05) is 11.1 Å². The molecule has 0 aliphatic carbocycles. The van der Waals surface area contributed by atoms with E-state index in [0.29, 0.717) is 5.69 Å². The number of carbonyl (C=O) groups is 1. The van der Waals surface area contributed by atoms with Crippen LogP contribution in [0, 0.1) is 6.92 Å². The standard InChI is InChI=1S/C14H13FN6O/c1-8-2-4-17-7-10(8)19-14(22)11-12(16)20-21-5-3-9(6-15)18-13(11)21/h2-5,7H,6H2,1H3,(H2,16,20)(H,19,22). The maximum absolute atomic E-state index is 12.8. The summed E-state index contributed by atoms with van der Waals surface area (Å²) >= 11 is 0. The van der Waals surface area contributed by atoms with Gasteiger partial charge in [0.15, 0.2) is 11.5 Å². The zero-order valence-electron chi connectivity index (χ0n) is 11.7. The Hall–Kier alpha value is -3.03. The van der Waals surface area contributed by atoms with E-state index in [2.05, 4.69) is 20.4 Å². The van der Waals surface area contributed by atoms with Gasteiger partial charge in [-0.3, -0.25) is 9.78 Å². The predicted molar refractivity (Wildman–Crippen MR) is 79.1 cm³/mol. The molecule has 0 radical (unpaired) electrons. The third kappa shape index (κ3) is 2.34. The number of carbonyl (C=O) groups excluding carboxylic acids is 1. The van der Waals surface area contributed by atoms with Gasteiger partial charge in [0.25, 0.3) is 5.91 Å². The van der Waals surface area contributed by atoms with E-state index in [9.17, 15) is 9.18 Å². The fourth-order valence-electron chi connectivity index (χ4n) is 2.06. The number of hydrogen-bond acceptors (Lipinski definition) is 5. The molecule has 0 saturated heterocycles. The van der Waals surface area contributed by atoms with Gasteiger partial charge in [0.05, 0.1) is 17.6 Å². The lowest BCUT2D eigenvalue weighted by molar-refractivity contribution is 0.102. The molecule has 0 aromatic carbocycles. The van der Waals surface area contributed by atoms with Gasteiger partial charge in [0, 0.05) is 12.4 Å². The number of pyridine rings is 1. The quantitative estimate of drug-likeness (QED) is 0.767. The minimum absolute atomic E-state index is 0.0301. The largest absolute Gasteiger partial charge is 0.381 e. The Morgan fingerprint density at radius 1 is 1.45 bits per heavy atom. The van der Waals surface area contributed by atoms with Crippen LogP contribution in [-0.4, -0.2) is 25.5 Å². The molecule has 0 unspecified atom stereocenters. The van der Waals surface area contributed by atoms with Gasteiger partial charge in [0.2, 0.25) is 0 Å². The maximum Gasteiger partial charge on any atom is 0.263 e. The summed E-state index contributed by atoms with van der Waals surface area (Å²) in [5, 5.41) is 6.72. The highest BCUT2D eigenvalue weighted by Gasteiger charge is 2.20. The van der Waals surface area contributed by atoms with Crippen LogP contribution in [0.15, 0.2) is 30.7 Å². The first kappa shape index (κ1) is 13.9. The van der Waals surface area contributed by atoms with E-state index in [1.165, 1.54) is 23.0 Å². The average Bonchev–Trinajstić information content (AvgIpc) is 2.84. The highest BCUT2D eigenvalue weighted by atomic mass is 19.1. The van der Waals surface area contributed by atoms with Crippen molar-refractivity contribution in [2.45, 2.75) is 13.6 Å². The zero-order chi connectivity index (χ0) is 15.7. The Morgan fingerprint density at radius 3 is 3.00 bits per heavy atom. The number of hydrogen-bond donors (Lipinski definition) is 2. The molecule has 0 fully saturated rings. The van der Waals surface area contributed by atoms with Gasteiger partial charge < -0.3 is 11.1 Å². The van der Waals surface area contributed by atoms with Crippen LogP contribution in [0.4, 0.5) is 15.9 Å². The summed E-state index contributed by atoms with van der Waals surface area (Å²) in [7, 11) is 0. The van der Waals surface area contributed by atoms with Crippen molar-refractivity contribution in [1.82, 2.24) is 19.6 Å². The topological polar surface area (TPSA) is 98.2 Å². The predicted octanol–water partition coefficient (Wildman–Crippen LogP) is 1.74. The zero-order valence-corrected chi connectivity index (χ0v) is 11.7. The van der Waals surface area contributed by atoms with E-state index < -0.39 is 12.6 Å². The van der Waals surface area contributed by atoms with Gasteiger partial charge in [0.1, 0.15) is 12.2 Å². The highest BCUT2D eigenvalue weighted by molar-refractivity contribution is 6.11. The number of alkyl halides is 1. The minimum atomic E-state index is -0.732. The number of amides is 1. The SMILES string of the molecule is Cc1ccncc1NC(=O)c1c(N)nn2ccc(CF)nc12. The van der Waals surface area contributed by atoms with Crippen LogP contribution in [-0.2, 0) is 6.67 Å². The van der Waals surface area contributed by atoms with Crippen molar-refractivity contribution < 1.29 is 9.18 Å². The van der Waals surface area contributed by atoms with E-state index in [-0.39, 0.29) is 22.7 Å². The molecule has 3 N–H and O–H groups in total. The summed E-state index contributed by atoms with van der Waals surface area (Å²) in [5.41, 5.74) is 7.75. The molecule has 22 heavy (non-hydrogen) atoms. The molecule has 0 atom stereocenters. The number of anilines is 2. The molecule has 0 bridgehead atoms. The minimum Gasteiger partial charge on any atom is -0.381 e. The first-order valence-corrected chi connectivity index (χ1v) is 6.52. The summed E-state index contributed by atoms with van der Waals surface area (Å²) in [6.45, 7) is 1.11. The Kier molecular flexibility index (Phi) is 3.42. The molecule has 0 aliphatic heterocycles. The van der Waals surface area contributed by atoms with Crippen LogP contribution in [0.2, 0.25) is 0 Å². The third-order valence-corrected chi connectivity index (χ3v) is 3.22. The molecule has 3 rings (SSSR count). The maximum atomic E-state index is 12.8. The molecule has 1 amide bonds. The van der Waals surface area contributed by atoms with Gasteiger partial charge >= 0.3 is 0 Å². The smallest absolute Gasteiger partial charge is 0.263 e. The molecule has 8 heteroatoms. The number of nitrogens with one attached hydrogen (secondary N) is 1. The normalized spacial score (nSPS) is 10.8. The molecule has 3 aromatic rings. The highest BCUT2D eigenvalue weighted by Crippen LogP contribution is 2.20. The van der Waals surface area contributed by atoms with Crippen molar-refractivity contribution in [3.63, 3.8) is 0 Å². The number of rotatable bonds is 3. The molecular weight excluding hydrogens is 287 g/mol. The Labute approximate surface area is 125 Å². The molecule has 3 heterocycles. The molecule has 0 aliphatic rings. The van der Waals surface area contributed by atoms with Crippen molar-refractivity contribution in [1.29, 1.82) is 0 Å². The van der Waals surface area contributed by atoms with Crippen molar-refractivity contribution >= 4 is 23.1 Å². The van der Waals surface area contributed by atoms with Gasteiger partial charge in [-0.15, -0.1) is 5.10 Å². The summed E-state index contributed by atoms with van der Waals surface area (Å²) in [4.78, 5) is 20.5. The summed E-state index contributed by atoms with van der Waals surface area (Å²) < 4.78 is 14.1. The molecule has 0 saturated carbocycles. The van der Waals surface area contributed by atoms with Gasteiger partial charge in [-0.2, -0.15) is 0 Å². The van der Waals surface area contributed by atoms with Gasteiger partial charge in [-0.1, -0.05) is 0 Å². The van der Waals surface area contributed by atoms with E-state index in [1.54, 1.807) is 12.3 Å². The second-order valence-electron chi connectivity index (χ2n) is 4.73. The lowest BCUT2D eigenvalue weighted by atomic mass is 10.2. The number of nitrogens with two attached hydrogens (primary N) is 1. The van der Waals surface area contributed by atoms with Crippen LogP contribution in [0.1, 0.15) is 21.6 Å². The van der Waals surface area contributed by atoms with Crippen LogP contribution < -0.4 is 11.1 Å². The average molecular weight is 300 g/mol. The Bertz CT molecular complexity index is 860. The van der Waals surface area contributed by atoms with Gasteiger partial charge in [-0.25, -0.2) is 13.9 Å². The van der Waals surface area contributed by atoms with Crippen LogP contribution in [0.25, 0.3) is 5.65 Å². The van der Waals surface area contributed by atoms with E-state index in [0.717, 1.165) is 5.56 Å². The number of nitrogens with zero attached hydrogens (tertiary/aromatic N) is 4. The third-order valence-electron chi connectivity index (χ3n) is 3.22. The van der Waals surface area contributed by atoms with Crippen molar-refractivity contribution in [3.05, 3.63) is 47.5 Å². The summed E-state index contributed by atoms with van der Waals surface area (Å²) in [5.74, 6) is -0.436. The van der Waals surface area contributed by atoms with Gasteiger partial charge in [-0.05, 0) is 24.6 Å². The number of aryl methyl sites for hydroxylation is 1. The Morgan fingerprint density at radius 2 is 2.27 bits per heavy atom. The number of nitrogen functional groups attached to an aromatic ring is 1. The van der Waals surface area contributed by atoms with Crippen molar-refractivity contribution in [3.8, 4) is 0 Å². The van der Waals surface area contributed by atoms with Crippen LogP contribution in [0.3, 0.4) is 0 Å². The fraction of sp³-hybridized carbons (Fsp3) is 0.143. The molecule has 7 nitrogen and oxygen atoms in total. The first-order chi connectivity index (χ1) is 10.6. The van der Waals surface area contributed by atoms with Crippen molar-refractivity contribution in [2.24, 2.45) is 0 Å². The first-order valence-electron chi connectivity index (χ1n) is 6.52. The van der Waals surface area contributed by atoms with Crippen LogP contribution >= 0.6 is 0 Å². The Balaban J connectivity index is 2.03. The number of fused-ring (bicyclic) bond motifs is 1. The molecule has 112 valence electrons. The van der Waals surface area contributed by atoms with E-state index in [1.807, 2.05) is 6.92 Å². The monoisotopic (exact) mass is 300 g/mol. The lowest BCUT2D eigenvalue weighted by Crippen LogP contribution is -2.15. The molecular formula is C14H13FN6O. The molecule has 3 aromatic heterocycles. The number of aromatic nitrogens is 4. The fourth-order valence-corrected chi connectivity index (χ4v) is 2.06. The van der Waals surface area contributed by atoms with E-state index >= 15 is 0 Å². The molecule has 0 spiro atoms. The van der Waals surface area contributed by atoms with E-state index in [4.69, 9.17) is 5.73 Å². The second-order valence-corrected chi connectivity index (χ2v) is 4.73. The lowest BCUT2D eigenvalue weighted by Gasteiger charge is -2.07. The number of halogens is 1. The second kappa shape index (κ2) is 5.40. The summed E-state index contributed by atoms with van der Waals surface area (Å²) in [6, 6.07) is 3.25. The summed E-state index contributed by atoms with van der Waals surface area (Å²) in [6.07, 6.45) is 4.68. The van der Waals surface area contributed by atoms with Crippen LogP contribution in [0.5, 0.6) is 0 Å².